The van der Waals surface area contributed by atoms with E-state index in [1.807, 2.05) is 6.08 Å². The first-order valence-electron chi connectivity index (χ1n) is 5.64. The van der Waals surface area contributed by atoms with Gasteiger partial charge in [-0.3, -0.25) is 4.79 Å². The predicted molar refractivity (Wildman–Crippen MR) is 58.6 cm³/mol. The van der Waals surface area contributed by atoms with Gasteiger partial charge in [-0.2, -0.15) is 0 Å². The van der Waals surface area contributed by atoms with E-state index in [1.165, 1.54) is 0 Å². The van der Waals surface area contributed by atoms with Crippen LogP contribution in [0.2, 0.25) is 0 Å². The van der Waals surface area contributed by atoms with Crippen molar-refractivity contribution >= 4 is 5.78 Å². The van der Waals surface area contributed by atoms with Gasteiger partial charge in [0.1, 0.15) is 0 Å². The Balaban J connectivity index is 2.08. The van der Waals surface area contributed by atoms with Gasteiger partial charge in [-0.05, 0) is 17.9 Å². The fourth-order valence-electron chi connectivity index (χ4n) is 2.33. The standard InChI is InChI=1S/C12H19NO2/c1-12(2)4-3-10(14)9(7-12)11-8-13-5-6-15-11/h3-4,9,11,13H,5-8H2,1-2H3. The van der Waals surface area contributed by atoms with Gasteiger partial charge in [0.25, 0.3) is 0 Å². The highest BCUT2D eigenvalue weighted by Crippen LogP contribution is 2.34. The van der Waals surface area contributed by atoms with Crippen LogP contribution in [-0.4, -0.2) is 31.6 Å². The lowest BCUT2D eigenvalue weighted by Gasteiger charge is -2.36. The third-order valence-corrected chi connectivity index (χ3v) is 3.22. The number of ketones is 1. The molecule has 0 aromatic heterocycles. The summed E-state index contributed by atoms with van der Waals surface area (Å²) in [6.07, 6.45) is 4.71. The van der Waals surface area contributed by atoms with Crippen molar-refractivity contribution in [3.05, 3.63) is 12.2 Å². The third-order valence-electron chi connectivity index (χ3n) is 3.22. The molecule has 1 aliphatic carbocycles. The Morgan fingerprint density at radius 2 is 2.33 bits per heavy atom. The highest BCUT2D eigenvalue weighted by atomic mass is 16.5. The van der Waals surface area contributed by atoms with E-state index in [-0.39, 0.29) is 23.2 Å². The van der Waals surface area contributed by atoms with Crippen molar-refractivity contribution in [1.82, 2.24) is 5.32 Å². The predicted octanol–water partition coefficient (Wildman–Crippen LogP) is 1.15. The topological polar surface area (TPSA) is 38.3 Å². The van der Waals surface area contributed by atoms with Gasteiger partial charge in [0.15, 0.2) is 5.78 Å². The number of hydrogen-bond donors (Lipinski definition) is 1. The lowest BCUT2D eigenvalue weighted by atomic mass is 9.74. The van der Waals surface area contributed by atoms with E-state index < -0.39 is 0 Å². The van der Waals surface area contributed by atoms with Crippen molar-refractivity contribution in [2.75, 3.05) is 19.7 Å². The molecular weight excluding hydrogens is 190 g/mol. The maximum absolute atomic E-state index is 11.8. The molecule has 0 amide bonds. The summed E-state index contributed by atoms with van der Waals surface area (Å²) in [6.45, 7) is 6.76. The molecule has 0 radical (unpaired) electrons. The molecule has 15 heavy (non-hydrogen) atoms. The van der Waals surface area contributed by atoms with Gasteiger partial charge in [0.2, 0.25) is 0 Å². The third kappa shape index (κ3) is 2.47. The molecule has 1 aliphatic heterocycles. The van der Waals surface area contributed by atoms with E-state index in [4.69, 9.17) is 4.74 Å². The summed E-state index contributed by atoms with van der Waals surface area (Å²) in [5, 5.41) is 3.28. The summed E-state index contributed by atoms with van der Waals surface area (Å²) in [6, 6.07) is 0. The molecule has 0 saturated carbocycles. The van der Waals surface area contributed by atoms with Crippen LogP contribution < -0.4 is 5.32 Å². The van der Waals surface area contributed by atoms with E-state index in [2.05, 4.69) is 19.2 Å². The van der Waals surface area contributed by atoms with Crippen LogP contribution in [0.1, 0.15) is 20.3 Å². The van der Waals surface area contributed by atoms with Gasteiger partial charge < -0.3 is 10.1 Å². The van der Waals surface area contributed by atoms with Gasteiger partial charge >= 0.3 is 0 Å². The van der Waals surface area contributed by atoms with Crippen molar-refractivity contribution in [2.45, 2.75) is 26.4 Å². The summed E-state index contributed by atoms with van der Waals surface area (Å²) in [7, 11) is 0. The highest BCUT2D eigenvalue weighted by molar-refractivity contribution is 5.93. The molecule has 0 aromatic rings. The summed E-state index contributed by atoms with van der Waals surface area (Å²) in [4.78, 5) is 11.8. The Hall–Kier alpha value is -0.670. The molecule has 0 spiro atoms. The maximum Gasteiger partial charge on any atom is 0.161 e. The quantitative estimate of drug-likeness (QED) is 0.704. The Bertz CT molecular complexity index is 277. The van der Waals surface area contributed by atoms with Crippen molar-refractivity contribution in [3.63, 3.8) is 0 Å². The van der Waals surface area contributed by atoms with E-state index >= 15 is 0 Å². The Labute approximate surface area is 90.9 Å². The SMILES string of the molecule is CC1(C)C=CC(=O)C(C2CNCCO2)C1. The fraction of sp³-hybridized carbons (Fsp3) is 0.750. The van der Waals surface area contributed by atoms with Gasteiger partial charge in [0.05, 0.1) is 18.6 Å². The molecule has 1 saturated heterocycles. The first-order chi connectivity index (χ1) is 7.08. The number of morpholine rings is 1. The molecule has 2 unspecified atom stereocenters. The van der Waals surface area contributed by atoms with Gasteiger partial charge in [-0.25, -0.2) is 0 Å². The number of rotatable bonds is 1. The molecule has 3 heteroatoms. The fourth-order valence-corrected chi connectivity index (χ4v) is 2.33. The van der Waals surface area contributed by atoms with Crippen molar-refractivity contribution in [1.29, 1.82) is 0 Å². The van der Waals surface area contributed by atoms with Gasteiger partial charge in [-0.15, -0.1) is 0 Å². The summed E-state index contributed by atoms with van der Waals surface area (Å²) >= 11 is 0. The second-order valence-corrected chi connectivity index (χ2v) is 5.15. The second kappa shape index (κ2) is 4.06. The molecule has 0 aromatic carbocycles. The van der Waals surface area contributed by atoms with Crippen molar-refractivity contribution < 1.29 is 9.53 Å². The van der Waals surface area contributed by atoms with Crippen LogP contribution in [0.3, 0.4) is 0 Å². The first-order valence-corrected chi connectivity index (χ1v) is 5.64. The minimum Gasteiger partial charge on any atom is -0.375 e. The number of carbonyl (C=O) groups is 1. The average Bonchev–Trinajstić information content (AvgIpc) is 2.23. The van der Waals surface area contributed by atoms with E-state index in [9.17, 15) is 4.79 Å². The van der Waals surface area contributed by atoms with Gasteiger partial charge in [-0.1, -0.05) is 19.9 Å². The molecular formula is C12H19NO2. The van der Waals surface area contributed by atoms with Crippen LogP contribution in [0.5, 0.6) is 0 Å². The number of ether oxygens (including phenoxy) is 1. The summed E-state index contributed by atoms with van der Waals surface area (Å²) in [5.41, 5.74) is 0.124. The van der Waals surface area contributed by atoms with Crippen LogP contribution in [-0.2, 0) is 9.53 Å². The molecule has 2 aliphatic rings. The number of carbonyl (C=O) groups excluding carboxylic acids is 1. The van der Waals surface area contributed by atoms with Crippen LogP contribution in [0.15, 0.2) is 12.2 Å². The monoisotopic (exact) mass is 209 g/mol. The van der Waals surface area contributed by atoms with Crippen LogP contribution in [0.4, 0.5) is 0 Å². The van der Waals surface area contributed by atoms with Crippen LogP contribution in [0.25, 0.3) is 0 Å². The average molecular weight is 209 g/mol. The van der Waals surface area contributed by atoms with E-state index in [0.717, 1.165) is 26.1 Å². The number of allylic oxidation sites excluding steroid dienone is 2. The lowest BCUT2D eigenvalue weighted by molar-refractivity contribution is -0.126. The van der Waals surface area contributed by atoms with Gasteiger partial charge in [0, 0.05) is 13.1 Å². The van der Waals surface area contributed by atoms with Crippen molar-refractivity contribution in [3.8, 4) is 0 Å². The molecule has 84 valence electrons. The van der Waals surface area contributed by atoms with Crippen LogP contribution >= 0.6 is 0 Å². The Kier molecular flexibility index (Phi) is 2.94. The highest BCUT2D eigenvalue weighted by Gasteiger charge is 2.36. The van der Waals surface area contributed by atoms with E-state index in [0.29, 0.717) is 0 Å². The normalized spacial score (nSPS) is 35.5. The lowest BCUT2D eigenvalue weighted by Crippen LogP contribution is -2.46. The minimum absolute atomic E-state index is 0.0396. The molecule has 0 bridgehead atoms. The van der Waals surface area contributed by atoms with Crippen LogP contribution in [0, 0.1) is 11.3 Å². The molecule has 3 nitrogen and oxygen atoms in total. The molecule has 1 heterocycles. The Morgan fingerprint density at radius 3 is 3.00 bits per heavy atom. The Morgan fingerprint density at radius 1 is 1.53 bits per heavy atom. The number of hydrogen-bond acceptors (Lipinski definition) is 3. The molecule has 1 fully saturated rings. The minimum atomic E-state index is 0.0396. The maximum atomic E-state index is 11.8. The first kappa shape index (κ1) is 10.8. The zero-order valence-electron chi connectivity index (χ0n) is 9.45. The largest absolute Gasteiger partial charge is 0.375 e. The molecule has 1 N–H and O–H groups in total. The molecule has 2 rings (SSSR count). The second-order valence-electron chi connectivity index (χ2n) is 5.15. The zero-order chi connectivity index (χ0) is 10.9. The van der Waals surface area contributed by atoms with E-state index in [1.54, 1.807) is 6.08 Å². The van der Waals surface area contributed by atoms with Crippen molar-refractivity contribution in [2.24, 2.45) is 11.3 Å². The number of nitrogens with one attached hydrogen (secondary N) is 1. The summed E-state index contributed by atoms with van der Waals surface area (Å²) < 4.78 is 5.66. The zero-order valence-corrected chi connectivity index (χ0v) is 9.45. The smallest absolute Gasteiger partial charge is 0.161 e. The summed E-state index contributed by atoms with van der Waals surface area (Å²) in [5.74, 6) is 0.265. The molecule has 2 atom stereocenters.